The van der Waals surface area contributed by atoms with Gasteiger partial charge in [0.05, 0.1) is 22.0 Å². The number of amidine groups is 1. The number of piperidine rings is 1. The minimum absolute atomic E-state index is 0.0597. The van der Waals surface area contributed by atoms with Crippen molar-refractivity contribution in [3.63, 3.8) is 0 Å². The third kappa shape index (κ3) is 7.61. The number of nitrogens with zero attached hydrogens (tertiary/aromatic N) is 3. The van der Waals surface area contributed by atoms with Crippen LogP contribution in [-0.4, -0.2) is 71.3 Å². The summed E-state index contributed by atoms with van der Waals surface area (Å²) in [6, 6.07) is 15.1. The van der Waals surface area contributed by atoms with Gasteiger partial charge in [-0.25, -0.2) is 4.98 Å². The predicted molar refractivity (Wildman–Crippen MR) is 160 cm³/mol. The summed E-state index contributed by atoms with van der Waals surface area (Å²) in [5, 5.41) is 14.5. The second-order valence-electron chi connectivity index (χ2n) is 9.53. The highest BCUT2D eigenvalue weighted by Gasteiger charge is 2.19. The van der Waals surface area contributed by atoms with Crippen molar-refractivity contribution in [1.82, 2.24) is 14.8 Å². The van der Waals surface area contributed by atoms with E-state index in [2.05, 4.69) is 20.5 Å². The van der Waals surface area contributed by atoms with Crippen LogP contribution in [0, 0.1) is 5.41 Å². The number of benzene rings is 2. The Kier molecular flexibility index (Phi) is 9.79. The highest BCUT2D eigenvalue weighted by molar-refractivity contribution is 8.00. The average molecular weight is 579 g/mol. The molecule has 0 saturated carbocycles. The van der Waals surface area contributed by atoms with Gasteiger partial charge in [0.2, 0.25) is 5.91 Å². The molecule has 3 amide bonds. The minimum atomic E-state index is -0.475. The number of rotatable bonds is 8. The van der Waals surface area contributed by atoms with Gasteiger partial charge in [-0.3, -0.25) is 19.8 Å². The normalized spacial score (nSPS) is 12.9. The molecular formula is C29H31ClN6O3S. The minimum Gasteiger partial charge on any atom is -0.357 e. The monoisotopic (exact) mass is 578 g/mol. The number of thioether (sulfide) groups is 1. The van der Waals surface area contributed by atoms with Crippen molar-refractivity contribution >= 4 is 58.4 Å². The van der Waals surface area contributed by atoms with Crippen molar-refractivity contribution in [3.8, 4) is 0 Å². The van der Waals surface area contributed by atoms with Crippen LogP contribution in [0.4, 0.5) is 11.5 Å². The molecule has 0 radical (unpaired) electrons. The van der Waals surface area contributed by atoms with Crippen molar-refractivity contribution in [2.75, 3.05) is 43.6 Å². The van der Waals surface area contributed by atoms with E-state index in [9.17, 15) is 14.4 Å². The van der Waals surface area contributed by atoms with Crippen LogP contribution >= 0.6 is 23.4 Å². The third-order valence-corrected chi connectivity index (χ3v) is 7.61. The topological polar surface area (TPSA) is 118 Å². The summed E-state index contributed by atoms with van der Waals surface area (Å²) in [6.45, 7) is 1.74. The van der Waals surface area contributed by atoms with Crippen LogP contribution in [0.25, 0.3) is 0 Å². The zero-order chi connectivity index (χ0) is 28.6. The second-order valence-corrected chi connectivity index (χ2v) is 11.0. The Morgan fingerprint density at radius 3 is 2.30 bits per heavy atom. The molecule has 40 heavy (non-hydrogen) atoms. The fourth-order valence-corrected chi connectivity index (χ4v) is 5.12. The van der Waals surface area contributed by atoms with Gasteiger partial charge in [-0.05, 0) is 61.7 Å². The fourth-order valence-electron chi connectivity index (χ4n) is 4.09. The number of likely N-dealkylation sites (tertiary alicyclic amines) is 1. The summed E-state index contributed by atoms with van der Waals surface area (Å²) in [5.74, 6) is 0.0453. The zero-order valence-corrected chi connectivity index (χ0v) is 23.9. The van der Waals surface area contributed by atoms with Crippen LogP contribution in [0.3, 0.4) is 0 Å². The molecule has 1 aliphatic heterocycles. The van der Waals surface area contributed by atoms with Gasteiger partial charge < -0.3 is 20.4 Å². The molecule has 4 rings (SSSR count). The zero-order valence-electron chi connectivity index (χ0n) is 22.4. The lowest BCUT2D eigenvalue weighted by Crippen LogP contribution is -2.35. The van der Waals surface area contributed by atoms with Crippen molar-refractivity contribution in [2.45, 2.75) is 24.2 Å². The molecule has 11 heteroatoms. The van der Waals surface area contributed by atoms with E-state index >= 15 is 0 Å². The first-order chi connectivity index (χ1) is 19.2. The molecule has 0 spiro atoms. The van der Waals surface area contributed by atoms with Gasteiger partial charge in [-0.2, -0.15) is 0 Å². The lowest BCUT2D eigenvalue weighted by atomic mass is 10.1. The second kappa shape index (κ2) is 13.5. The standard InChI is InChI=1S/C29H31ClN6O3S/c1-35(2)26(37)18-40-22-11-12-24(23(16-22)29(39)34-25-13-10-21(30)17-32-25)33-28(38)20-8-6-19(7-9-20)27(31)36-14-4-3-5-15-36/h6-13,16-17,31H,3-5,14-15,18H2,1-2H3,(H,33,38)(H,32,34,39). The van der Waals surface area contributed by atoms with Gasteiger partial charge >= 0.3 is 0 Å². The molecule has 3 aromatic rings. The molecule has 0 unspecified atom stereocenters. The van der Waals surface area contributed by atoms with Crippen LogP contribution in [0.1, 0.15) is 45.5 Å². The number of aromatic nitrogens is 1. The van der Waals surface area contributed by atoms with Gasteiger partial charge in [0, 0.05) is 49.4 Å². The number of amides is 3. The highest BCUT2D eigenvalue weighted by atomic mass is 35.5. The molecule has 1 aliphatic rings. The maximum Gasteiger partial charge on any atom is 0.258 e. The van der Waals surface area contributed by atoms with Crippen molar-refractivity contribution in [3.05, 3.63) is 82.5 Å². The molecule has 1 saturated heterocycles. The van der Waals surface area contributed by atoms with Crippen LogP contribution in [0.5, 0.6) is 0 Å². The van der Waals surface area contributed by atoms with Gasteiger partial charge in [0.25, 0.3) is 11.8 Å². The lowest BCUT2D eigenvalue weighted by Gasteiger charge is -2.29. The summed E-state index contributed by atoms with van der Waals surface area (Å²) < 4.78 is 0. The Morgan fingerprint density at radius 2 is 1.65 bits per heavy atom. The van der Waals surface area contributed by atoms with Gasteiger partial charge in [-0.1, -0.05) is 23.7 Å². The van der Waals surface area contributed by atoms with Gasteiger partial charge in [0.1, 0.15) is 11.7 Å². The molecular weight excluding hydrogens is 548 g/mol. The number of hydrogen-bond acceptors (Lipinski definition) is 6. The number of carbonyl (C=O) groups is 3. The Morgan fingerprint density at radius 1 is 0.950 bits per heavy atom. The fraction of sp³-hybridized carbons (Fsp3) is 0.276. The predicted octanol–water partition coefficient (Wildman–Crippen LogP) is 5.23. The van der Waals surface area contributed by atoms with Crippen LogP contribution < -0.4 is 10.6 Å². The first-order valence-electron chi connectivity index (χ1n) is 12.9. The smallest absolute Gasteiger partial charge is 0.258 e. The molecule has 2 heterocycles. The Labute approximate surface area is 242 Å². The van der Waals surface area contributed by atoms with Crippen molar-refractivity contribution < 1.29 is 14.4 Å². The first kappa shape index (κ1) is 29.1. The SMILES string of the molecule is CN(C)C(=O)CSc1ccc(NC(=O)c2ccc(C(=N)N3CCCCC3)cc2)c(C(=O)Nc2ccc(Cl)cn2)c1. The van der Waals surface area contributed by atoms with E-state index < -0.39 is 11.8 Å². The first-order valence-corrected chi connectivity index (χ1v) is 14.2. The van der Waals surface area contributed by atoms with E-state index in [4.69, 9.17) is 17.0 Å². The highest BCUT2D eigenvalue weighted by Crippen LogP contribution is 2.27. The van der Waals surface area contributed by atoms with E-state index in [1.54, 1.807) is 68.7 Å². The lowest BCUT2D eigenvalue weighted by molar-refractivity contribution is -0.125. The molecule has 0 atom stereocenters. The van der Waals surface area contributed by atoms with Gasteiger partial charge in [0.15, 0.2) is 0 Å². The van der Waals surface area contributed by atoms with Crippen LogP contribution in [-0.2, 0) is 4.79 Å². The molecule has 208 valence electrons. The number of anilines is 2. The summed E-state index contributed by atoms with van der Waals surface area (Å²) in [7, 11) is 3.37. The number of pyridine rings is 1. The summed E-state index contributed by atoms with van der Waals surface area (Å²) in [6.07, 6.45) is 4.77. The Bertz CT molecular complexity index is 1390. The summed E-state index contributed by atoms with van der Waals surface area (Å²) in [4.78, 5) is 46.8. The molecule has 1 aromatic heterocycles. The molecule has 3 N–H and O–H groups in total. The number of carbonyl (C=O) groups excluding carboxylic acids is 3. The maximum absolute atomic E-state index is 13.3. The molecule has 9 nitrogen and oxygen atoms in total. The van der Waals surface area contributed by atoms with E-state index in [0.717, 1.165) is 31.5 Å². The average Bonchev–Trinajstić information content (AvgIpc) is 2.97. The van der Waals surface area contributed by atoms with E-state index in [1.165, 1.54) is 29.3 Å². The molecule has 0 aliphatic carbocycles. The maximum atomic E-state index is 13.3. The quantitative estimate of drug-likeness (QED) is 0.191. The van der Waals surface area contributed by atoms with Crippen LogP contribution in [0.2, 0.25) is 5.02 Å². The van der Waals surface area contributed by atoms with E-state index in [0.29, 0.717) is 32.8 Å². The molecule has 2 aromatic carbocycles. The van der Waals surface area contributed by atoms with Crippen molar-refractivity contribution in [2.24, 2.45) is 0 Å². The number of halogens is 1. The third-order valence-electron chi connectivity index (χ3n) is 6.41. The van der Waals surface area contributed by atoms with E-state index in [-0.39, 0.29) is 17.2 Å². The van der Waals surface area contributed by atoms with Crippen LogP contribution in [0.15, 0.2) is 65.7 Å². The Balaban J connectivity index is 1.52. The molecule has 1 fully saturated rings. The van der Waals surface area contributed by atoms with Crippen molar-refractivity contribution in [1.29, 1.82) is 5.41 Å². The summed E-state index contributed by atoms with van der Waals surface area (Å²) >= 11 is 7.20. The van der Waals surface area contributed by atoms with E-state index in [1.807, 2.05) is 0 Å². The summed E-state index contributed by atoms with van der Waals surface area (Å²) in [5.41, 5.74) is 1.68. The van der Waals surface area contributed by atoms with Gasteiger partial charge in [-0.15, -0.1) is 11.8 Å². The largest absolute Gasteiger partial charge is 0.357 e. The number of hydrogen-bond donors (Lipinski definition) is 3. The number of nitrogens with one attached hydrogen (secondary N) is 3. The molecule has 0 bridgehead atoms. The Hall–Kier alpha value is -3.89.